The Bertz CT molecular complexity index is 266. The molecule has 1 aromatic heterocycles. The molecular formula is C5H4ClNO2S. The van der Waals surface area contributed by atoms with Crippen molar-refractivity contribution in [2.24, 2.45) is 0 Å². The molecule has 1 atom stereocenters. The number of aromatic nitrogens is 1. The summed E-state index contributed by atoms with van der Waals surface area (Å²) in [5, 5.41) is 0.215. The molecule has 10 heavy (non-hydrogen) atoms. The van der Waals surface area contributed by atoms with Crippen molar-refractivity contribution in [2.75, 3.05) is 0 Å². The van der Waals surface area contributed by atoms with Crippen molar-refractivity contribution in [1.29, 1.82) is 0 Å². The van der Waals surface area contributed by atoms with Gasteiger partial charge >= 0.3 is 0 Å². The van der Waals surface area contributed by atoms with Gasteiger partial charge in [0.1, 0.15) is 0 Å². The number of pyridine rings is 1. The van der Waals surface area contributed by atoms with Gasteiger partial charge in [0.05, 0.1) is 5.02 Å². The Morgan fingerprint density at radius 1 is 1.70 bits per heavy atom. The highest BCUT2D eigenvalue weighted by Gasteiger charge is 2.04. The third-order valence-electron chi connectivity index (χ3n) is 0.890. The van der Waals surface area contributed by atoms with Crippen molar-refractivity contribution < 1.29 is 8.76 Å². The lowest BCUT2D eigenvalue weighted by Crippen LogP contribution is -1.92. The summed E-state index contributed by atoms with van der Waals surface area (Å²) in [4.78, 5) is 3.60. The van der Waals surface area contributed by atoms with Crippen LogP contribution in [0.15, 0.2) is 23.4 Å². The molecular weight excluding hydrogens is 174 g/mol. The van der Waals surface area contributed by atoms with E-state index in [4.69, 9.17) is 16.2 Å². The second-order valence-corrected chi connectivity index (χ2v) is 2.83. The molecule has 0 saturated heterocycles. The van der Waals surface area contributed by atoms with E-state index in [0.717, 1.165) is 0 Å². The minimum atomic E-state index is -2.08. The highest BCUT2D eigenvalue weighted by Crippen LogP contribution is 2.14. The highest BCUT2D eigenvalue weighted by molar-refractivity contribution is 7.79. The van der Waals surface area contributed by atoms with E-state index in [1.165, 1.54) is 12.3 Å². The topological polar surface area (TPSA) is 50.2 Å². The third kappa shape index (κ3) is 1.53. The first-order chi connectivity index (χ1) is 4.72. The zero-order valence-electron chi connectivity index (χ0n) is 4.82. The maximum absolute atomic E-state index is 10.4. The Labute approximate surface area is 65.3 Å². The zero-order chi connectivity index (χ0) is 7.56. The molecule has 0 spiro atoms. The summed E-state index contributed by atoms with van der Waals surface area (Å²) >= 11 is 3.42. The molecule has 0 aliphatic rings. The average Bonchev–Trinajstić information content (AvgIpc) is 1.88. The van der Waals surface area contributed by atoms with Gasteiger partial charge in [-0.3, -0.25) is 0 Å². The minimum absolute atomic E-state index is 0.00386. The second-order valence-electron chi connectivity index (χ2n) is 1.54. The molecule has 54 valence electrons. The molecule has 0 fully saturated rings. The van der Waals surface area contributed by atoms with Gasteiger partial charge in [-0.2, -0.15) is 0 Å². The second kappa shape index (κ2) is 3.09. The fourth-order valence-corrected chi connectivity index (χ4v) is 1.21. The van der Waals surface area contributed by atoms with Crippen LogP contribution in [-0.4, -0.2) is 13.7 Å². The van der Waals surface area contributed by atoms with E-state index in [1.54, 1.807) is 6.07 Å². The molecule has 3 nitrogen and oxygen atoms in total. The van der Waals surface area contributed by atoms with Crippen LogP contribution in [0.3, 0.4) is 0 Å². The van der Waals surface area contributed by atoms with Gasteiger partial charge in [0.25, 0.3) is 0 Å². The van der Waals surface area contributed by atoms with Gasteiger partial charge in [-0.05, 0) is 12.1 Å². The number of rotatable bonds is 1. The molecule has 5 heteroatoms. The lowest BCUT2D eigenvalue weighted by Gasteiger charge is -1.93. The van der Waals surface area contributed by atoms with Gasteiger partial charge < -0.3 is 4.55 Å². The molecule has 0 saturated carbocycles. The van der Waals surface area contributed by atoms with Crippen LogP contribution >= 0.6 is 11.6 Å². The van der Waals surface area contributed by atoms with Crippen molar-refractivity contribution in [3.63, 3.8) is 0 Å². The molecule has 0 amide bonds. The first-order valence-corrected chi connectivity index (χ1v) is 3.91. The molecule has 0 radical (unpaired) electrons. The predicted octanol–water partition coefficient (Wildman–Crippen LogP) is 1.32. The summed E-state index contributed by atoms with van der Waals surface area (Å²) in [6.07, 6.45) is 1.41. The van der Waals surface area contributed by atoms with Crippen LogP contribution in [-0.2, 0) is 11.1 Å². The van der Waals surface area contributed by atoms with Crippen LogP contribution in [0.5, 0.6) is 0 Å². The largest absolute Gasteiger partial charge is 0.301 e. The standard InChI is InChI=1S/C5H4ClNO2S/c6-4-2-1-3-7-5(4)10(8)9/h1-3H,(H,8,9). The molecule has 1 rings (SSSR count). The fraction of sp³-hybridized carbons (Fsp3) is 0. The van der Waals surface area contributed by atoms with E-state index >= 15 is 0 Å². The monoisotopic (exact) mass is 177 g/mol. The first-order valence-electron chi connectivity index (χ1n) is 2.43. The van der Waals surface area contributed by atoms with Crippen LogP contribution in [0, 0.1) is 0 Å². The zero-order valence-corrected chi connectivity index (χ0v) is 6.39. The Morgan fingerprint density at radius 2 is 2.40 bits per heavy atom. The van der Waals surface area contributed by atoms with Crippen LogP contribution in [0.2, 0.25) is 5.02 Å². The minimum Gasteiger partial charge on any atom is -0.301 e. The van der Waals surface area contributed by atoms with E-state index in [9.17, 15) is 4.21 Å². The molecule has 1 heterocycles. The summed E-state index contributed by atoms with van der Waals surface area (Å²) in [5.74, 6) is 0. The summed E-state index contributed by atoms with van der Waals surface area (Å²) in [5.41, 5.74) is 0. The number of nitrogens with zero attached hydrogens (tertiary/aromatic N) is 1. The molecule has 0 bridgehead atoms. The van der Waals surface area contributed by atoms with Crippen molar-refractivity contribution in [1.82, 2.24) is 4.98 Å². The van der Waals surface area contributed by atoms with Crippen LogP contribution in [0.25, 0.3) is 0 Å². The van der Waals surface area contributed by atoms with Gasteiger partial charge in [-0.25, -0.2) is 9.19 Å². The maximum atomic E-state index is 10.4. The summed E-state index contributed by atoms with van der Waals surface area (Å²) in [6.45, 7) is 0. The van der Waals surface area contributed by atoms with Crippen molar-refractivity contribution in [3.8, 4) is 0 Å². The first kappa shape index (κ1) is 7.65. The number of halogens is 1. The van der Waals surface area contributed by atoms with Crippen LogP contribution in [0.1, 0.15) is 0 Å². The van der Waals surface area contributed by atoms with Crippen LogP contribution in [0.4, 0.5) is 0 Å². The smallest absolute Gasteiger partial charge is 0.207 e. The van der Waals surface area contributed by atoms with E-state index in [-0.39, 0.29) is 10.0 Å². The lowest BCUT2D eigenvalue weighted by atomic mass is 10.5. The Kier molecular flexibility index (Phi) is 2.37. The third-order valence-corrected chi connectivity index (χ3v) is 1.96. The van der Waals surface area contributed by atoms with Crippen molar-refractivity contribution >= 4 is 22.7 Å². The lowest BCUT2D eigenvalue weighted by molar-refractivity contribution is 0.560. The predicted molar refractivity (Wildman–Crippen MR) is 38.3 cm³/mol. The van der Waals surface area contributed by atoms with E-state index in [1.807, 2.05) is 0 Å². The van der Waals surface area contributed by atoms with Gasteiger partial charge in [-0.1, -0.05) is 11.6 Å². The maximum Gasteiger partial charge on any atom is 0.207 e. The van der Waals surface area contributed by atoms with E-state index in [0.29, 0.717) is 0 Å². The molecule has 1 unspecified atom stereocenters. The summed E-state index contributed by atoms with van der Waals surface area (Å²) in [7, 11) is 0. The van der Waals surface area contributed by atoms with Gasteiger partial charge in [0.2, 0.25) is 11.1 Å². The van der Waals surface area contributed by atoms with Crippen molar-refractivity contribution in [2.45, 2.75) is 5.03 Å². The van der Waals surface area contributed by atoms with Gasteiger partial charge in [-0.15, -0.1) is 0 Å². The Hall–Kier alpha value is -0.450. The van der Waals surface area contributed by atoms with Crippen molar-refractivity contribution in [3.05, 3.63) is 23.4 Å². The molecule has 1 N–H and O–H groups in total. The Morgan fingerprint density at radius 3 is 2.80 bits per heavy atom. The summed E-state index contributed by atoms with van der Waals surface area (Å²) < 4.78 is 18.9. The van der Waals surface area contributed by atoms with Gasteiger partial charge in [0.15, 0.2) is 5.03 Å². The average molecular weight is 178 g/mol. The quantitative estimate of drug-likeness (QED) is 0.659. The summed E-state index contributed by atoms with van der Waals surface area (Å²) in [6, 6.07) is 3.11. The number of hydrogen-bond acceptors (Lipinski definition) is 2. The van der Waals surface area contributed by atoms with E-state index < -0.39 is 11.1 Å². The van der Waals surface area contributed by atoms with E-state index in [2.05, 4.69) is 4.98 Å². The molecule has 0 aliphatic carbocycles. The van der Waals surface area contributed by atoms with Crippen LogP contribution < -0.4 is 0 Å². The fourth-order valence-electron chi connectivity index (χ4n) is 0.500. The number of hydrogen-bond donors (Lipinski definition) is 1. The normalized spacial score (nSPS) is 13.0. The Balaban J connectivity index is 3.15. The molecule has 0 aromatic carbocycles. The molecule has 1 aromatic rings. The SMILES string of the molecule is O=S(O)c1ncccc1Cl. The van der Waals surface area contributed by atoms with Gasteiger partial charge in [0, 0.05) is 6.20 Å². The highest BCUT2D eigenvalue weighted by atomic mass is 35.5. The molecule has 0 aliphatic heterocycles.